The predicted octanol–water partition coefficient (Wildman–Crippen LogP) is 11.1. The third kappa shape index (κ3) is 12.2. The van der Waals surface area contributed by atoms with Gasteiger partial charge in [-0.3, -0.25) is 0 Å². The zero-order chi connectivity index (χ0) is 26.0. The number of halogens is 22. The molecule has 0 spiro atoms. The van der Waals surface area contributed by atoms with E-state index < -0.39 is 38.3 Å². The van der Waals surface area contributed by atoms with Crippen molar-refractivity contribution in [3.8, 4) is 0 Å². The molecule has 30 heavy (non-hydrogen) atoms. The topological polar surface area (TPSA) is 0 Å². The van der Waals surface area contributed by atoms with Crippen LogP contribution in [0.2, 0.25) is 0 Å². The molecular formula is C8Br2Cl10F10. The van der Waals surface area contributed by atoms with Gasteiger partial charge in [0, 0.05) is 0 Å². The lowest BCUT2D eigenvalue weighted by Gasteiger charge is -2.34. The highest BCUT2D eigenvalue weighted by atomic mass is 79.9. The molecule has 22 heteroatoms. The lowest BCUT2D eigenvalue weighted by molar-refractivity contribution is -0.339. The van der Waals surface area contributed by atoms with Gasteiger partial charge in [-0.2, -0.15) is 26.3 Å². The van der Waals surface area contributed by atoms with Crippen molar-refractivity contribution in [1.29, 1.82) is 0 Å². The van der Waals surface area contributed by atoms with Gasteiger partial charge < -0.3 is 0 Å². The van der Waals surface area contributed by atoms with E-state index in [-0.39, 0.29) is 0 Å². The molecule has 0 radical (unpaired) electrons. The molecule has 0 aromatic rings. The van der Waals surface area contributed by atoms with Gasteiger partial charge in [-0.05, 0) is 31.9 Å². The minimum Gasteiger partial charge on any atom is -0.219 e. The highest BCUT2D eigenvalue weighted by Crippen LogP contribution is 2.58. The largest absolute Gasteiger partial charge is 0.435 e. The fourth-order valence-electron chi connectivity index (χ4n) is 0.482. The molecule has 0 fully saturated rings. The first-order chi connectivity index (χ1) is 12.2. The smallest absolute Gasteiger partial charge is 0.219 e. The summed E-state index contributed by atoms with van der Waals surface area (Å²) in [5, 5.41) is 0. The Kier molecular flexibility index (Phi) is 15.0. The Bertz CT molecular complexity index is 438. The minimum atomic E-state index is -6.36. The van der Waals surface area contributed by atoms with Gasteiger partial charge in [0.05, 0.1) is 0 Å². The maximum atomic E-state index is 12.7. The Labute approximate surface area is 228 Å². The van der Waals surface area contributed by atoms with Crippen LogP contribution < -0.4 is 0 Å². The number of alkyl halides is 22. The summed E-state index contributed by atoms with van der Waals surface area (Å²) in [4.78, 5) is 0. The van der Waals surface area contributed by atoms with Crippen LogP contribution in [-0.2, 0) is 0 Å². The van der Waals surface area contributed by atoms with E-state index in [1.165, 1.54) is 0 Å². The Hall–Kier alpha value is 3.16. The van der Waals surface area contributed by atoms with E-state index in [9.17, 15) is 43.9 Å². The van der Waals surface area contributed by atoms with Crippen LogP contribution in [0, 0.1) is 0 Å². The molecule has 0 aliphatic carbocycles. The zero-order valence-electron chi connectivity index (χ0n) is 12.3. The van der Waals surface area contributed by atoms with Crippen molar-refractivity contribution in [2.45, 2.75) is 38.3 Å². The van der Waals surface area contributed by atoms with E-state index in [2.05, 4.69) is 113 Å². The van der Waals surface area contributed by atoms with Crippen molar-refractivity contribution in [3.05, 3.63) is 0 Å². The highest BCUT2D eigenvalue weighted by molar-refractivity contribution is 9.13. The second-order valence-electron chi connectivity index (χ2n) is 4.14. The molecule has 0 bridgehead atoms. The molecular weight excluding hydrogens is 800 g/mol. The third-order valence-electron chi connectivity index (χ3n) is 1.81. The summed E-state index contributed by atoms with van der Waals surface area (Å²) in [6.07, 6.45) is -12.7. The van der Waals surface area contributed by atoms with E-state index in [4.69, 9.17) is 34.8 Å². The number of hydrogen-bond acceptors (Lipinski definition) is 0. The van der Waals surface area contributed by atoms with Gasteiger partial charge in [0.15, 0.2) is 0 Å². The summed E-state index contributed by atoms with van der Waals surface area (Å²) in [5.74, 6) is 0. The van der Waals surface area contributed by atoms with Gasteiger partial charge in [0.25, 0.3) is 4.04 Å². The van der Waals surface area contributed by atoms with Crippen LogP contribution in [0.5, 0.6) is 0 Å². The minimum absolute atomic E-state index is 1.79. The Morgan fingerprint density at radius 3 is 0.600 bits per heavy atom. The molecule has 0 saturated carbocycles. The molecule has 1 atom stereocenters. The molecule has 0 aromatic heterocycles. The van der Waals surface area contributed by atoms with Gasteiger partial charge in [-0.15, -0.1) is 0 Å². The zero-order valence-corrected chi connectivity index (χ0v) is 23.0. The van der Waals surface area contributed by atoms with Crippen LogP contribution in [-0.4, -0.2) is 38.3 Å². The first-order valence-electron chi connectivity index (χ1n) is 5.41. The van der Waals surface area contributed by atoms with Gasteiger partial charge in [-0.25, -0.2) is 17.6 Å². The summed E-state index contributed by atoms with van der Waals surface area (Å²) in [6, 6.07) is 0. The van der Waals surface area contributed by atoms with Crippen molar-refractivity contribution in [2.75, 3.05) is 0 Å². The quantitative estimate of drug-likeness (QED) is 0.193. The van der Waals surface area contributed by atoms with Crippen molar-refractivity contribution < 1.29 is 43.9 Å². The van der Waals surface area contributed by atoms with Gasteiger partial charge in [-0.1, -0.05) is 116 Å². The molecule has 0 N–H and O–H groups in total. The van der Waals surface area contributed by atoms with E-state index in [0.717, 1.165) is 0 Å². The molecule has 0 aromatic carbocycles. The van der Waals surface area contributed by atoms with Crippen molar-refractivity contribution in [1.82, 2.24) is 0 Å². The van der Waals surface area contributed by atoms with E-state index in [1.807, 2.05) is 0 Å². The Morgan fingerprint density at radius 1 is 0.433 bits per heavy atom. The third-order valence-corrected chi connectivity index (χ3v) is 7.38. The summed E-state index contributed by atoms with van der Waals surface area (Å²) in [5.41, 5.74) is -5.89. The fourth-order valence-corrected chi connectivity index (χ4v) is 1.13. The average Bonchev–Trinajstić information content (AvgIpc) is 2.29. The summed E-state index contributed by atoms with van der Waals surface area (Å²) < 4.78 is 104. The molecule has 0 amide bonds. The van der Waals surface area contributed by atoms with Crippen LogP contribution >= 0.6 is 148 Å². The maximum absolute atomic E-state index is 12.7. The van der Waals surface area contributed by atoms with Gasteiger partial charge >= 0.3 is 27.2 Å². The summed E-state index contributed by atoms with van der Waals surface area (Å²) >= 11 is 51.0. The molecule has 0 saturated heterocycles. The molecule has 0 aliphatic rings. The average molecular weight is 800 g/mol. The summed E-state index contributed by atoms with van der Waals surface area (Å²) in [7, 11) is 0. The number of hydrogen-bond donors (Lipinski definition) is 0. The van der Waals surface area contributed by atoms with Crippen LogP contribution in [0.15, 0.2) is 0 Å². The Balaban J connectivity index is -0.000000391. The fraction of sp³-hybridized carbons (Fsp3) is 1.00. The van der Waals surface area contributed by atoms with Gasteiger partial charge in [0.2, 0.25) is 7.04 Å². The molecule has 0 nitrogen and oxygen atoms in total. The second-order valence-corrected chi connectivity index (χ2v) is 14.4. The predicted molar refractivity (Wildman–Crippen MR) is 109 cm³/mol. The van der Waals surface area contributed by atoms with Crippen LogP contribution in [0.3, 0.4) is 0 Å². The van der Waals surface area contributed by atoms with Crippen molar-refractivity contribution in [3.63, 3.8) is 0 Å². The van der Waals surface area contributed by atoms with Crippen LogP contribution in [0.1, 0.15) is 0 Å². The maximum Gasteiger partial charge on any atom is 0.435 e. The van der Waals surface area contributed by atoms with E-state index in [1.54, 1.807) is 0 Å². The summed E-state index contributed by atoms with van der Waals surface area (Å²) in [6.45, 7) is 0. The molecule has 0 aliphatic heterocycles. The molecule has 0 heterocycles. The van der Waals surface area contributed by atoms with Crippen LogP contribution in [0.4, 0.5) is 43.9 Å². The highest BCUT2D eigenvalue weighted by Gasteiger charge is 2.81. The first kappa shape index (κ1) is 37.7. The van der Waals surface area contributed by atoms with Crippen molar-refractivity contribution >= 4 is 148 Å². The number of rotatable bonds is 2. The normalized spacial score (nSPS) is 16.6. The molecule has 1 unspecified atom stereocenters. The molecule has 0 rings (SSSR count). The SMILES string of the molecule is FC(Cl)(Br)C(Cl)(Cl)Br.FC(Cl)(Cl)C(F)(Cl)Cl.FC(F)(F)C(F)(C(F)(F)F)C(Cl)(Cl)Cl. The lowest BCUT2D eigenvalue weighted by Crippen LogP contribution is -2.61. The molecule has 186 valence electrons. The van der Waals surface area contributed by atoms with E-state index in [0.29, 0.717) is 0 Å². The van der Waals surface area contributed by atoms with Crippen LogP contribution in [0.25, 0.3) is 0 Å². The standard InChI is InChI=1S/C4Cl3F7.C2Br2Cl3F.C2Cl4F2/c5-2(6,7)1(8,3(9,10)11)4(12,13)14;3-1(5,6)2(4,7)8;3-1(4,7)2(5,6)8. The Morgan fingerprint density at radius 2 is 0.600 bits per heavy atom. The monoisotopic (exact) mass is 794 g/mol. The lowest BCUT2D eigenvalue weighted by atomic mass is 10.1. The van der Waals surface area contributed by atoms with E-state index >= 15 is 0 Å². The van der Waals surface area contributed by atoms with Gasteiger partial charge in [0.1, 0.15) is 0 Å². The van der Waals surface area contributed by atoms with Crippen molar-refractivity contribution in [2.24, 2.45) is 0 Å². The second kappa shape index (κ2) is 11.9. The first-order valence-corrected chi connectivity index (χ1v) is 10.8.